The standard InChI is InChI=1S/C15H17BrN2/c1-3-18(14-7-5-4-6-12(14)2)15-9-8-13(10-16)11-17-15/h4-9,11H,3,10H2,1-2H3. The van der Waals surface area contributed by atoms with Gasteiger partial charge in [0.25, 0.3) is 0 Å². The average molecular weight is 305 g/mol. The van der Waals surface area contributed by atoms with Gasteiger partial charge in [0.15, 0.2) is 0 Å². The molecule has 1 heterocycles. The van der Waals surface area contributed by atoms with Crippen LogP contribution in [-0.4, -0.2) is 11.5 Å². The first kappa shape index (κ1) is 13.1. The highest BCUT2D eigenvalue weighted by atomic mass is 79.9. The van der Waals surface area contributed by atoms with Gasteiger partial charge in [-0.1, -0.05) is 40.2 Å². The van der Waals surface area contributed by atoms with Crippen LogP contribution in [0.15, 0.2) is 42.6 Å². The zero-order chi connectivity index (χ0) is 13.0. The molecule has 1 aromatic carbocycles. The minimum atomic E-state index is 0.844. The molecule has 0 saturated carbocycles. The number of benzene rings is 1. The van der Waals surface area contributed by atoms with E-state index >= 15 is 0 Å². The summed E-state index contributed by atoms with van der Waals surface area (Å²) in [5.74, 6) is 0.997. The summed E-state index contributed by atoms with van der Waals surface area (Å²) in [7, 11) is 0. The molecular weight excluding hydrogens is 288 g/mol. The summed E-state index contributed by atoms with van der Waals surface area (Å²) in [5, 5.41) is 0.844. The Morgan fingerprint density at radius 1 is 1.17 bits per heavy atom. The van der Waals surface area contributed by atoms with Gasteiger partial charge in [0.2, 0.25) is 0 Å². The van der Waals surface area contributed by atoms with Gasteiger partial charge in [-0.15, -0.1) is 0 Å². The summed E-state index contributed by atoms with van der Waals surface area (Å²) in [6.07, 6.45) is 1.92. The van der Waals surface area contributed by atoms with Crippen LogP contribution in [0.4, 0.5) is 11.5 Å². The van der Waals surface area contributed by atoms with Crippen molar-refractivity contribution in [2.24, 2.45) is 0 Å². The van der Waals surface area contributed by atoms with Gasteiger partial charge < -0.3 is 4.90 Å². The maximum atomic E-state index is 4.53. The Balaban J connectivity index is 2.36. The van der Waals surface area contributed by atoms with Crippen LogP contribution in [0, 0.1) is 6.92 Å². The van der Waals surface area contributed by atoms with Crippen LogP contribution in [0.2, 0.25) is 0 Å². The van der Waals surface area contributed by atoms with Gasteiger partial charge in [-0.25, -0.2) is 4.98 Å². The number of anilines is 2. The molecule has 0 aliphatic heterocycles. The van der Waals surface area contributed by atoms with Gasteiger partial charge in [0.1, 0.15) is 5.82 Å². The van der Waals surface area contributed by atoms with Crippen molar-refractivity contribution in [3.05, 3.63) is 53.7 Å². The number of pyridine rings is 1. The van der Waals surface area contributed by atoms with E-state index < -0.39 is 0 Å². The number of aryl methyl sites for hydroxylation is 1. The summed E-state index contributed by atoms with van der Waals surface area (Å²) in [4.78, 5) is 6.76. The monoisotopic (exact) mass is 304 g/mol. The molecule has 2 aromatic rings. The van der Waals surface area contributed by atoms with Crippen molar-refractivity contribution in [1.82, 2.24) is 4.98 Å². The number of hydrogen-bond donors (Lipinski definition) is 0. The van der Waals surface area contributed by atoms with E-state index in [1.807, 2.05) is 6.20 Å². The fourth-order valence-corrected chi connectivity index (χ4v) is 2.31. The fraction of sp³-hybridized carbons (Fsp3) is 0.267. The minimum Gasteiger partial charge on any atom is -0.326 e. The molecule has 1 aromatic heterocycles. The van der Waals surface area contributed by atoms with E-state index in [0.29, 0.717) is 0 Å². The van der Waals surface area contributed by atoms with Gasteiger partial charge in [0.05, 0.1) is 0 Å². The Morgan fingerprint density at radius 2 is 1.94 bits per heavy atom. The van der Waals surface area contributed by atoms with Crippen LogP contribution >= 0.6 is 15.9 Å². The van der Waals surface area contributed by atoms with E-state index in [0.717, 1.165) is 17.7 Å². The molecule has 0 saturated heterocycles. The van der Waals surface area contributed by atoms with Crippen LogP contribution < -0.4 is 4.90 Å². The highest BCUT2D eigenvalue weighted by Gasteiger charge is 2.10. The summed E-state index contributed by atoms with van der Waals surface area (Å²) in [5.41, 5.74) is 3.68. The molecule has 0 bridgehead atoms. The molecule has 0 aliphatic rings. The number of hydrogen-bond acceptors (Lipinski definition) is 2. The Bertz CT molecular complexity index is 508. The van der Waals surface area contributed by atoms with Gasteiger partial charge >= 0.3 is 0 Å². The lowest BCUT2D eigenvalue weighted by atomic mass is 10.2. The molecule has 3 heteroatoms. The molecule has 0 amide bonds. The topological polar surface area (TPSA) is 16.1 Å². The molecule has 2 nitrogen and oxygen atoms in total. The lowest BCUT2D eigenvalue weighted by molar-refractivity contribution is 0.980. The molecule has 0 radical (unpaired) electrons. The van der Waals surface area contributed by atoms with Gasteiger partial charge in [-0.05, 0) is 37.1 Å². The van der Waals surface area contributed by atoms with E-state index in [-0.39, 0.29) is 0 Å². The van der Waals surface area contributed by atoms with Crippen molar-refractivity contribution in [2.45, 2.75) is 19.2 Å². The van der Waals surface area contributed by atoms with E-state index in [2.05, 4.69) is 76.1 Å². The second-order valence-electron chi connectivity index (χ2n) is 4.19. The van der Waals surface area contributed by atoms with E-state index in [1.54, 1.807) is 0 Å². The molecular formula is C15H17BrN2. The number of nitrogens with zero attached hydrogens (tertiary/aromatic N) is 2. The summed E-state index contributed by atoms with van der Waals surface area (Å²) < 4.78 is 0. The van der Waals surface area contributed by atoms with Crippen molar-refractivity contribution in [1.29, 1.82) is 0 Å². The Hall–Kier alpha value is -1.35. The Morgan fingerprint density at radius 3 is 2.50 bits per heavy atom. The predicted octanol–water partition coefficient (Wildman–Crippen LogP) is 4.44. The lowest BCUT2D eigenvalue weighted by Gasteiger charge is -2.24. The fourth-order valence-electron chi connectivity index (χ4n) is 1.98. The lowest BCUT2D eigenvalue weighted by Crippen LogP contribution is -2.18. The van der Waals surface area contributed by atoms with Crippen LogP contribution in [0.1, 0.15) is 18.1 Å². The smallest absolute Gasteiger partial charge is 0.132 e. The quantitative estimate of drug-likeness (QED) is 0.776. The first-order valence-corrected chi connectivity index (χ1v) is 7.22. The maximum Gasteiger partial charge on any atom is 0.132 e. The molecule has 18 heavy (non-hydrogen) atoms. The third kappa shape index (κ3) is 2.72. The summed E-state index contributed by atoms with van der Waals surface area (Å²) in [6.45, 7) is 5.18. The third-order valence-electron chi connectivity index (χ3n) is 2.96. The largest absolute Gasteiger partial charge is 0.326 e. The zero-order valence-corrected chi connectivity index (χ0v) is 12.3. The van der Waals surface area contributed by atoms with Crippen molar-refractivity contribution < 1.29 is 0 Å². The number of para-hydroxylation sites is 1. The van der Waals surface area contributed by atoms with Gasteiger partial charge in [-0.2, -0.15) is 0 Å². The van der Waals surface area contributed by atoms with Gasteiger partial charge in [-0.3, -0.25) is 0 Å². The number of alkyl halides is 1. The minimum absolute atomic E-state index is 0.844. The zero-order valence-electron chi connectivity index (χ0n) is 10.7. The SMILES string of the molecule is CCN(c1ccc(CBr)cn1)c1ccccc1C. The molecule has 0 atom stereocenters. The molecule has 0 fully saturated rings. The van der Waals surface area contributed by atoms with Crippen molar-refractivity contribution in [3.63, 3.8) is 0 Å². The van der Waals surface area contributed by atoms with Crippen LogP contribution in [-0.2, 0) is 5.33 Å². The summed E-state index contributed by atoms with van der Waals surface area (Å²) in [6, 6.07) is 12.6. The summed E-state index contributed by atoms with van der Waals surface area (Å²) >= 11 is 3.44. The molecule has 2 rings (SSSR count). The highest BCUT2D eigenvalue weighted by Crippen LogP contribution is 2.26. The van der Waals surface area contributed by atoms with Gasteiger partial charge in [0, 0.05) is 23.8 Å². The van der Waals surface area contributed by atoms with Crippen LogP contribution in [0.3, 0.4) is 0 Å². The number of rotatable bonds is 4. The molecule has 94 valence electrons. The van der Waals surface area contributed by atoms with E-state index in [1.165, 1.54) is 16.8 Å². The average Bonchev–Trinajstić information content (AvgIpc) is 2.42. The highest BCUT2D eigenvalue weighted by molar-refractivity contribution is 9.08. The Kier molecular flexibility index (Phi) is 4.37. The molecule has 0 N–H and O–H groups in total. The number of halogens is 1. The van der Waals surface area contributed by atoms with E-state index in [9.17, 15) is 0 Å². The first-order chi connectivity index (χ1) is 8.76. The van der Waals surface area contributed by atoms with E-state index in [4.69, 9.17) is 0 Å². The van der Waals surface area contributed by atoms with Crippen LogP contribution in [0.5, 0.6) is 0 Å². The van der Waals surface area contributed by atoms with Crippen LogP contribution in [0.25, 0.3) is 0 Å². The second kappa shape index (κ2) is 6.01. The first-order valence-electron chi connectivity index (χ1n) is 6.10. The molecule has 0 spiro atoms. The normalized spacial score (nSPS) is 10.4. The third-order valence-corrected chi connectivity index (χ3v) is 3.61. The Labute approximate surface area is 117 Å². The number of aromatic nitrogens is 1. The van der Waals surface area contributed by atoms with Crippen molar-refractivity contribution >= 4 is 27.4 Å². The van der Waals surface area contributed by atoms with Crippen molar-refractivity contribution in [2.75, 3.05) is 11.4 Å². The van der Waals surface area contributed by atoms with Crippen molar-refractivity contribution in [3.8, 4) is 0 Å². The second-order valence-corrected chi connectivity index (χ2v) is 4.75. The molecule has 0 aliphatic carbocycles. The maximum absolute atomic E-state index is 4.53. The predicted molar refractivity (Wildman–Crippen MR) is 80.7 cm³/mol. The molecule has 0 unspecified atom stereocenters.